The highest BCUT2D eigenvalue weighted by Gasteiger charge is 2.18. The number of hydrogen-bond acceptors (Lipinski definition) is 4. The first-order chi connectivity index (χ1) is 8.92. The third-order valence-corrected chi connectivity index (χ3v) is 4.48. The monoisotopic (exact) mass is 347 g/mol. The van der Waals surface area contributed by atoms with Gasteiger partial charge in [-0.15, -0.1) is 11.3 Å². The summed E-state index contributed by atoms with van der Waals surface area (Å²) in [5.74, 6) is 0.0599. The van der Waals surface area contributed by atoms with Gasteiger partial charge in [-0.05, 0) is 42.9 Å². The van der Waals surface area contributed by atoms with Crippen LogP contribution in [0.15, 0.2) is 15.9 Å². The van der Waals surface area contributed by atoms with Crippen molar-refractivity contribution < 1.29 is 4.79 Å². The number of rotatable bonds is 7. The van der Waals surface area contributed by atoms with Gasteiger partial charge in [-0.25, -0.2) is 0 Å². The normalized spacial score (nSPS) is 13.0. The number of nitrogens with zero attached hydrogens (tertiary/aromatic N) is 1. The van der Waals surface area contributed by atoms with Gasteiger partial charge in [-0.1, -0.05) is 0 Å². The lowest BCUT2D eigenvalue weighted by molar-refractivity contribution is -0.122. The molecule has 0 radical (unpaired) electrons. The zero-order valence-corrected chi connectivity index (χ0v) is 14.1. The van der Waals surface area contributed by atoms with E-state index in [1.807, 2.05) is 20.9 Å². The van der Waals surface area contributed by atoms with Crippen LogP contribution in [0.2, 0.25) is 0 Å². The average molecular weight is 348 g/mol. The maximum Gasteiger partial charge on any atom is 0.221 e. The van der Waals surface area contributed by atoms with Gasteiger partial charge >= 0.3 is 0 Å². The molecule has 0 aliphatic rings. The maximum atomic E-state index is 11.8. The van der Waals surface area contributed by atoms with E-state index in [0.717, 1.165) is 11.0 Å². The van der Waals surface area contributed by atoms with Gasteiger partial charge in [0.15, 0.2) is 0 Å². The molecule has 0 fully saturated rings. The summed E-state index contributed by atoms with van der Waals surface area (Å²) in [6.45, 7) is 5.21. The van der Waals surface area contributed by atoms with E-state index in [-0.39, 0.29) is 18.0 Å². The van der Waals surface area contributed by atoms with Crippen molar-refractivity contribution in [2.75, 3.05) is 13.6 Å². The lowest BCUT2D eigenvalue weighted by Gasteiger charge is -2.26. The summed E-state index contributed by atoms with van der Waals surface area (Å²) in [4.78, 5) is 15.2. The van der Waals surface area contributed by atoms with Gasteiger partial charge in [0, 0.05) is 46.3 Å². The van der Waals surface area contributed by atoms with Gasteiger partial charge in [-0.2, -0.15) is 0 Å². The number of likely N-dealkylation sites (N-methyl/N-ethyl adjacent to an activating group) is 1. The highest BCUT2D eigenvalue weighted by atomic mass is 79.9. The molecule has 1 aromatic heterocycles. The predicted octanol–water partition coefficient (Wildman–Crippen LogP) is 2.18. The standard InChI is InChI=1S/C13H22BrN3OS/c1-9(2)16-13(18)5-11(6-15)17(3)7-12-4-10(14)8-19-12/h4,8-9,11H,5-7,15H2,1-3H3,(H,16,18). The van der Waals surface area contributed by atoms with Crippen molar-refractivity contribution in [3.05, 3.63) is 20.8 Å². The number of halogens is 1. The largest absolute Gasteiger partial charge is 0.354 e. The third-order valence-electron chi connectivity index (χ3n) is 2.79. The number of amides is 1. The van der Waals surface area contributed by atoms with E-state index in [9.17, 15) is 4.79 Å². The Morgan fingerprint density at radius 2 is 2.26 bits per heavy atom. The molecule has 1 atom stereocenters. The second-order valence-electron chi connectivity index (χ2n) is 4.96. The molecule has 0 saturated heterocycles. The van der Waals surface area contributed by atoms with E-state index < -0.39 is 0 Å². The van der Waals surface area contributed by atoms with Crippen LogP contribution in [-0.2, 0) is 11.3 Å². The molecule has 6 heteroatoms. The molecule has 0 aliphatic carbocycles. The van der Waals surface area contributed by atoms with E-state index in [4.69, 9.17) is 5.73 Å². The third kappa shape index (κ3) is 6.03. The molecule has 1 unspecified atom stereocenters. The van der Waals surface area contributed by atoms with Gasteiger partial charge < -0.3 is 11.1 Å². The molecule has 19 heavy (non-hydrogen) atoms. The number of hydrogen-bond donors (Lipinski definition) is 2. The zero-order valence-electron chi connectivity index (χ0n) is 11.6. The predicted molar refractivity (Wildman–Crippen MR) is 84.2 cm³/mol. The minimum Gasteiger partial charge on any atom is -0.354 e. The van der Waals surface area contributed by atoms with Crippen molar-refractivity contribution in [2.24, 2.45) is 5.73 Å². The molecule has 108 valence electrons. The molecule has 0 aromatic carbocycles. The number of nitrogens with one attached hydrogen (secondary N) is 1. The second-order valence-corrected chi connectivity index (χ2v) is 6.87. The summed E-state index contributed by atoms with van der Waals surface area (Å²) in [7, 11) is 2.01. The lowest BCUT2D eigenvalue weighted by Crippen LogP contribution is -2.42. The number of nitrogens with two attached hydrogens (primary N) is 1. The van der Waals surface area contributed by atoms with Crippen LogP contribution in [0.3, 0.4) is 0 Å². The Bertz CT molecular complexity index is 408. The maximum absolute atomic E-state index is 11.8. The fourth-order valence-electron chi connectivity index (χ4n) is 1.83. The summed E-state index contributed by atoms with van der Waals surface area (Å²) in [6, 6.07) is 2.34. The molecule has 0 spiro atoms. The molecular weight excluding hydrogens is 326 g/mol. The van der Waals surface area contributed by atoms with Crippen molar-refractivity contribution in [2.45, 2.75) is 38.9 Å². The Morgan fingerprint density at radius 3 is 2.74 bits per heavy atom. The van der Waals surface area contributed by atoms with E-state index in [0.29, 0.717) is 13.0 Å². The van der Waals surface area contributed by atoms with Crippen LogP contribution in [0.5, 0.6) is 0 Å². The van der Waals surface area contributed by atoms with E-state index in [2.05, 4.69) is 37.6 Å². The molecule has 1 aromatic rings. The van der Waals surface area contributed by atoms with Crippen LogP contribution in [0.1, 0.15) is 25.1 Å². The van der Waals surface area contributed by atoms with Crippen LogP contribution in [0.25, 0.3) is 0 Å². The molecule has 3 N–H and O–H groups in total. The van der Waals surface area contributed by atoms with Crippen LogP contribution in [0.4, 0.5) is 0 Å². The van der Waals surface area contributed by atoms with E-state index >= 15 is 0 Å². The molecule has 1 amide bonds. The first-order valence-electron chi connectivity index (χ1n) is 6.35. The van der Waals surface area contributed by atoms with Gasteiger partial charge in [0.1, 0.15) is 0 Å². The first-order valence-corrected chi connectivity index (χ1v) is 8.02. The second kappa shape index (κ2) is 7.99. The summed E-state index contributed by atoms with van der Waals surface area (Å²) in [6.07, 6.45) is 0.442. The van der Waals surface area contributed by atoms with Crippen molar-refractivity contribution in [1.82, 2.24) is 10.2 Å². The zero-order chi connectivity index (χ0) is 14.4. The van der Waals surface area contributed by atoms with Crippen molar-refractivity contribution >= 4 is 33.2 Å². The number of thiophene rings is 1. The van der Waals surface area contributed by atoms with Crippen LogP contribution >= 0.6 is 27.3 Å². The SMILES string of the molecule is CC(C)NC(=O)CC(CN)N(C)Cc1cc(Br)cs1. The molecular formula is C13H22BrN3OS. The Hall–Kier alpha value is -0.430. The minimum absolute atomic E-state index is 0.0599. The average Bonchev–Trinajstić information content (AvgIpc) is 2.70. The molecule has 1 heterocycles. The Labute approximate surface area is 127 Å². The number of carbonyl (C=O) groups excluding carboxylic acids is 1. The molecule has 0 bridgehead atoms. The molecule has 4 nitrogen and oxygen atoms in total. The van der Waals surface area contributed by atoms with Crippen molar-refractivity contribution in [3.63, 3.8) is 0 Å². The van der Waals surface area contributed by atoms with Crippen molar-refractivity contribution in [1.29, 1.82) is 0 Å². The molecule has 0 saturated carbocycles. The van der Waals surface area contributed by atoms with E-state index in [1.54, 1.807) is 11.3 Å². The summed E-state index contributed by atoms with van der Waals surface area (Å²) < 4.78 is 1.10. The van der Waals surface area contributed by atoms with Crippen LogP contribution in [0, 0.1) is 0 Å². The minimum atomic E-state index is 0.0599. The molecule has 1 rings (SSSR count). The summed E-state index contributed by atoms with van der Waals surface area (Å²) >= 11 is 5.15. The highest BCUT2D eigenvalue weighted by molar-refractivity contribution is 9.10. The fourth-order valence-corrected chi connectivity index (χ4v) is 3.34. The Kier molecular flexibility index (Phi) is 6.99. The quantitative estimate of drug-likeness (QED) is 0.794. The Balaban J connectivity index is 2.51. The van der Waals surface area contributed by atoms with Gasteiger partial charge in [0.05, 0.1) is 0 Å². The fraction of sp³-hybridized carbons (Fsp3) is 0.615. The van der Waals surface area contributed by atoms with Crippen LogP contribution < -0.4 is 11.1 Å². The summed E-state index contributed by atoms with van der Waals surface area (Å²) in [5.41, 5.74) is 5.78. The van der Waals surface area contributed by atoms with Crippen LogP contribution in [-0.4, -0.2) is 36.5 Å². The lowest BCUT2D eigenvalue weighted by atomic mass is 10.1. The summed E-state index contributed by atoms with van der Waals surface area (Å²) in [5, 5.41) is 4.97. The topological polar surface area (TPSA) is 58.4 Å². The van der Waals surface area contributed by atoms with E-state index in [1.165, 1.54) is 4.88 Å². The first kappa shape index (κ1) is 16.6. The van der Waals surface area contributed by atoms with Gasteiger partial charge in [0.25, 0.3) is 0 Å². The van der Waals surface area contributed by atoms with Gasteiger partial charge in [0.2, 0.25) is 5.91 Å². The van der Waals surface area contributed by atoms with Crippen molar-refractivity contribution in [3.8, 4) is 0 Å². The number of carbonyl (C=O) groups is 1. The smallest absolute Gasteiger partial charge is 0.221 e. The highest BCUT2D eigenvalue weighted by Crippen LogP contribution is 2.21. The van der Waals surface area contributed by atoms with Gasteiger partial charge in [-0.3, -0.25) is 9.69 Å². The molecule has 0 aliphatic heterocycles. The Morgan fingerprint density at radius 1 is 1.58 bits per heavy atom.